The smallest absolute Gasteiger partial charge is 0.459 e. The number of carbonyl (C=O) groups is 6. The molecule has 7 rings (SSSR count). The van der Waals surface area contributed by atoms with Crippen LogP contribution in [-0.2, 0) is 42.8 Å². The van der Waals surface area contributed by atoms with E-state index in [1.54, 1.807) is 54.6 Å². The van der Waals surface area contributed by atoms with Gasteiger partial charge >= 0.3 is 36.4 Å². The first-order valence-corrected chi connectivity index (χ1v) is 20.9. The summed E-state index contributed by atoms with van der Waals surface area (Å²) in [6, 6.07) is 23.4. The standard InChI is InChI=1S/C48H36N6O18/c1-4-37(55)61-16-19-64-46(58)67-34-13-7-10-28(25-34)40-49-43(70-52-40)31-22-32(44-50-41(53-71-44)29-11-8-14-35(26-29)68-47(59)65-20-17-62-38(56)5-2)24-33(23-31)45-51-42(54-72-45)30-12-9-15-36(27-30)69-48(60)66-21-18-63-39(57)6-3/h4-15,22-27H,1-3,16-21H2. The maximum absolute atomic E-state index is 12.3. The Morgan fingerprint density at radius 2 is 0.667 bits per heavy atom. The highest BCUT2D eigenvalue weighted by atomic mass is 16.7. The molecule has 72 heavy (non-hydrogen) atoms. The molecule has 0 saturated carbocycles. The number of esters is 3. The van der Waals surface area contributed by atoms with Gasteiger partial charge in [0.15, 0.2) is 0 Å². The minimum atomic E-state index is -1.06. The molecule has 0 N–H and O–H groups in total. The van der Waals surface area contributed by atoms with Crippen LogP contribution in [0.25, 0.3) is 68.5 Å². The second kappa shape index (κ2) is 24.2. The van der Waals surface area contributed by atoms with E-state index in [0.29, 0.717) is 33.4 Å². The van der Waals surface area contributed by atoms with Gasteiger partial charge in [0.2, 0.25) is 17.5 Å². The molecule has 0 unspecified atom stereocenters. The number of rotatable bonds is 21. The van der Waals surface area contributed by atoms with E-state index < -0.39 is 36.4 Å². The molecule has 24 nitrogen and oxygen atoms in total. The van der Waals surface area contributed by atoms with Crippen molar-refractivity contribution < 1.29 is 85.0 Å². The lowest BCUT2D eigenvalue weighted by atomic mass is 10.0. The van der Waals surface area contributed by atoms with Crippen LogP contribution in [0.2, 0.25) is 0 Å². The molecule has 0 spiro atoms. The molecule has 4 aromatic carbocycles. The Bertz CT molecular complexity index is 2800. The lowest BCUT2D eigenvalue weighted by Gasteiger charge is -2.06. The first-order valence-electron chi connectivity index (χ1n) is 20.9. The van der Waals surface area contributed by atoms with Crippen LogP contribution in [0.4, 0.5) is 14.4 Å². The third kappa shape index (κ3) is 13.9. The summed E-state index contributed by atoms with van der Waals surface area (Å²) < 4.78 is 62.1. The molecular formula is C48H36N6O18. The van der Waals surface area contributed by atoms with Crippen molar-refractivity contribution in [3.8, 4) is 85.8 Å². The van der Waals surface area contributed by atoms with Gasteiger partial charge in [0, 0.05) is 51.6 Å². The van der Waals surface area contributed by atoms with E-state index >= 15 is 0 Å². The zero-order valence-corrected chi connectivity index (χ0v) is 37.3. The Balaban J connectivity index is 1.13. The Kier molecular flexibility index (Phi) is 16.7. The van der Waals surface area contributed by atoms with Crippen LogP contribution in [0.15, 0.2) is 143 Å². The summed E-state index contributed by atoms with van der Waals surface area (Å²) in [6.45, 7) is 8.47. The van der Waals surface area contributed by atoms with E-state index in [1.165, 1.54) is 36.4 Å². The Labute approximate surface area is 405 Å². The molecule has 0 atom stereocenters. The monoisotopic (exact) mass is 984 g/mol. The first-order chi connectivity index (χ1) is 35.0. The quantitative estimate of drug-likeness (QED) is 0.0220. The molecule has 0 saturated heterocycles. The van der Waals surface area contributed by atoms with Gasteiger partial charge in [-0.05, 0) is 54.6 Å². The highest BCUT2D eigenvalue weighted by Gasteiger charge is 2.22. The molecule has 0 bridgehead atoms. The summed E-state index contributed by atoms with van der Waals surface area (Å²) in [4.78, 5) is 84.3. The lowest BCUT2D eigenvalue weighted by molar-refractivity contribution is -0.139. The van der Waals surface area contributed by atoms with Crippen LogP contribution in [0.3, 0.4) is 0 Å². The largest absolute Gasteiger partial charge is 0.513 e. The van der Waals surface area contributed by atoms with Crippen molar-refractivity contribution in [1.82, 2.24) is 30.4 Å². The van der Waals surface area contributed by atoms with Gasteiger partial charge < -0.3 is 56.2 Å². The van der Waals surface area contributed by atoms with Crippen molar-refractivity contribution in [3.63, 3.8) is 0 Å². The summed E-state index contributed by atoms with van der Waals surface area (Å²) >= 11 is 0. The van der Waals surface area contributed by atoms with Gasteiger partial charge in [-0.2, -0.15) is 15.0 Å². The van der Waals surface area contributed by atoms with Gasteiger partial charge in [-0.3, -0.25) is 0 Å². The Hall–Kier alpha value is -10.3. The predicted molar refractivity (Wildman–Crippen MR) is 242 cm³/mol. The van der Waals surface area contributed by atoms with E-state index in [-0.39, 0.29) is 92.0 Å². The fourth-order valence-corrected chi connectivity index (χ4v) is 5.82. The molecule has 3 heterocycles. The Morgan fingerprint density at radius 3 is 0.944 bits per heavy atom. The topological polar surface area (TPSA) is 302 Å². The number of benzene rings is 4. The van der Waals surface area contributed by atoms with Crippen LogP contribution >= 0.6 is 0 Å². The molecule has 0 amide bonds. The number of ether oxygens (including phenoxy) is 9. The minimum Gasteiger partial charge on any atom is -0.459 e. The first kappa shape index (κ1) is 49.6. The molecule has 0 fully saturated rings. The molecule has 0 aliphatic heterocycles. The summed E-state index contributed by atoms with van der Waals surface area (Å²) in [5, 5.41) is 12.4. The molecule has 3 aromatic heterocycles. The average Bonchev–Trinajstić information content (AvgIpc) is 4.21. The number of aromatic nitrogens is 6. The fraction of sp³-hybridized carbons (Fsp3) is 0.125. The third-order valence-corrected chi connectivity index (χ3v) is 8.97. The van der Waals surface area contributed by atoms with E-state index in [0.717, 1.165) is 18.2 Å². The van der Waals surface area contributed by atoms with Crippen LogP contribution in [0.1, 0.15) is 0 Å². The third-order valence-electron chi connectivity index (χ3n) is 8.97. The van der Waals surface area contributed by atoms with Crippen LogP contribution < -0.4 is 14.2 Å². The number of carbonyl (C=O) groups excluding carboxylic acids is 6. The van der Waals surface area contributed by atoms with Crippen molar-refractivity contribution >= 4 is 36.4 Å². The van der Waals surface area contributed by atoms with Crippen molar-refractivity contribution in [2.75, 3.05) is 39.6 Å². The van der Waals surface area contributed by atoms with E-state index in [4.69, 9.17) is 56.2 Å². The highest BCUT2D eigenvalue weighted by Crippen LogP contribution is 2.35. The maximum Gasteiger partial charge on any atom is 0.513 e. The number of hydrogen-bond acceptors (Lipinski definition) is 24. The van der Waals surface area contributed by atoms with Crippen LogP contribution in [0.5, 0.6) is 17.2 Å². The molecule has 7 aromatic rings. The number of nitrogens with zero attached hydrogens (tertiary/aromatic N) is 6. The van der Waals surface area contributed by atoms with E-state index in [1.807, 2.05) is 0 Å². The minimum absolute atomic E-state index is 0.00131. The molecule has 0 radical (unpaired) electrons. The maximum atomic E-state index is 12.3. The Morgan fingerprint density at radius 1 is 0.389 bits per heavy atom. The zero-order valence-electron chi connectivity index (χ0n) is 37.3. The van der Waals surface area contributed by atoms with Gasteiger partial charge in [-0.25, -0.2) is 28.8 Å². The molecule has 0 aliphatic carbocycles. The predicted octanol–water partition coefficient (Wildman–Crippen LogP) is 7.57. The molecule has 24 heteroatoms. The zero-order chi connectivity index (χ0) is 50.8. The van der Waals surface area contributed by atoms with Gasteiger partial charge in [0.1, 0.15) is 56.9 Å². The van der Waals surface area contributed by atoms with Gasteiger partial charge in [0.25, 0.3) is 17.7 Å². The number of hydrogen-bond donors (Lipinski definition) is 0. The van der Waals surface area contributed by atoms with E-state index in [9.17, 15) is 28.8 Å². The molecular weight excluding hydrogens is 949 g/mol. The average molecular weight is 985 g/mol. The molecule has 366 valence electrons. The summed E-state index contributed by atoms with van der Waals surface area (Å²) in [7, 11) is 0. The van der Waals surface area contributed by atoms with Gasteiger partial charge in [-0.15, -0.1) is 0 Å². The van der Waals surface area contributed by atoms with Crippen LogP contribution in [0, 0.1) is 0 Å². The second-order valence-corrected chi connectivity index (χ2v) is 13.9. The highest BCUT2D eigenvalue weighted by molar-refractivity contribution is 5.82. The normalized spacial score (nSPS) is 10.5. The summed E-state index contributed by atoms with van der Waals surface area (Å²) in [5.74, 6) is -1.51. The second-order valence-electron chi connectivity index (χ2n) is 13.9. The summed E-state index contributed by atoms with van der Waals surface area (Å²) in [6.07, 6.45) is -0.249. The van der Waals surface area contributed by atoms with Crippen LogP contribution in [-0.4, -0.2) is 106 Å². The lowest BCUT2D eigenvalue weighted by Crippen LogP contribution is -2.15. The molecule has 0 aliphatic rings. The fourth-order valence-electron chi connectivity index (χ4n) is 5.82. The van der Waals surface area contributed by atoms with Gasteiger partial charge in [-0.1, -0.05) is 71.6 Å². The van der Waals surface area contributed by atoms with Crippen molar-refractivity contribution in [2.24, 2.45) is 0 Å². The van der Waals surface area contributed by atoms with Crippen molar-refractivity contribution in [2.45, 2.75) is 0 Å². The van der Waals surface area contributed by atoms with Crippen molar-refractivity contribution in [3.05, 3.63) is 129 Å². The van der Waals surface area contributed by atoms with Gasteiger partial charge in [0.05, 0.1) is 0 Å². The van der Waals surface area contributed by atoms with Crippen molar-refractivity contribution in [1.29, 1.82) is 0 Å². The summed E-state index contributed by atoms with van der Waals surface area (Å²) in [5.41, 5.74) is 2.10. The SMILES string of the molecule is C=CC(=O)OCCOC(=O)Oc1cccc(-c2noc(-c3cc(-c4nc(-c5cccc(OC(=O)OCCOC(=O)C=C)c5)no4)cc(-c4nc(-c5cccc(OC(=O)OCCOC(=O)C=C)c5)no4)c3)n2)c1. The van der Waals surface area contributed by atoms with E-state index in [2.05, 4.69) is 50.2 Å².